The normalized spacial score (nSPS) is 10.7. The average molecular weight is 298 g/mol. The number of rotatable bonds is 3. The lowest BCUT2D eigenvalue weighted by Gasteiger charge is -2.06. The van der Waals surface area contributed by atoms with Gasteiger partial charge in [0.2, 0.25) is 0 Å². The zero-order valence-corrected chi connectivity index (χ0v) is 12.3. The van der Waals surface area contributed by atoms with Gasteiger partial charge >= 0.3 is 4.87 Å². The van der Waals surface area contributed by atoms with Crippen LogP contribution in [-0.2, 0) is 0 Å². The van der Waals surface area contributed by atoms with Gasteiger partial charge in [-0.3, -0.25) is 9.59 Å². The SMILES string of the molecule is Cc1ccc(NCC(=O)n2c(=O)sc3ccccc32)cc1. The minimum Gasteiger partial charge on any atom is -0.376 e. The Kier molecular flexibility index (Phi) is 3.58. The fourth-order valence-corrected chi connectivity index (χ4v) is 3.02. The van der Waals surface area contributed by atoms with E-state index in [1.807, 2.05) is 49.4 Å². The molecule has 0 spiro atoms. The number of fused-ring (bicyclic) bond motifs is 1. The van der Waals surface area contributed by atoms with E-state index < -0.39 is 0 Å². The van der Waals surface area contributed by atoms with Crippen LogP contribution in [0.5, 0.6) is 0 Å². The first-order valence-corrected chi connectivity index (χ1v) is 7.41. The molecule has 4 nitrogen and oxygen atoms in total. The van der Waals surface area contributed by atoms with Crippen molar-refractivity contribution in [3.63, 3.8) is 0 Å². The second-order valence-electron chi connectivity index (χ2n) is 4.78. The van der Waals surface area contributed by atoms with Crippen LogP contribution in [0.4, 0.5) is 5.69 Å². The monoisotopic (exact) mass is 298 g/mol. The molecule has 0 bridgehead atoms. The van der Waals surface area contributed by atoms with Crippen molar-refractivity contribution in [2.75, 3.05) is 11.9 Å². The number of para-hydroxylation sites is 1. The van der Waals surface area contributed by atoms with Crippen molar-refractivity contribution in [1.29, 1.82) is 0 Å². The highest BCUT2D eigenvalue weighted by molar-refractivity contribution is 7.16. The summed E-state index contributed by atoms with van der Waals surface area (Å²) in [7, 11) is 0. The van der Waals surface area contributed by atoms with E-state index >= 15 is 0 Å². The Morgan fingerprint density at radius 2 is 1.86 bits per heavy atom. The number of nitrogens with zero attached hydrogens (tertiary/aromatic N) is 1. The van der Waals surface area contributed by atoms with E-state index in [1.165, 1.54) is 4.57 Å². The molecule has 0 saturated carbocycles. The van der Waals surface area contributed by atoms with Crippen LogP contribution >= 0.6 is 11.3 Å². The van der Waals surface area contributed by atoms with Crippen LogP contribution in [0, 0.1) is 6.92 Å². The van der Waals surface area contributed by atoms with Crippen molar-refractivity contribution < 1.29 is 4.79 Å². The number of benzene rings is 2. The van der Waals surface area contributed by atoms with Crippen LogP contribution in [0.25, 0.3) is 10.2 Å². The van der Waals surface area contributed by atoms with Gasteiger partial charge < -0.3 is 5.32 Å². The van der Waals surface area contributed by atoms with Crippen molar-refractivity contribution in [1.82, 2.24) is 4.57 Å². The number of aromatic nitrogens is 1. The maximum atomic E-state index is 12.3. The largest absolute Gasteiger partial charge is 0.376 e. The summed E-state index contributed by atoms with van der Waals surface area (Å²) in [4.78, 5) is 24.0. The number of hydrogen-bond donors (Lipinski definition) is 1. The maximum absolute atomic E-state index is 12.3. The molecule has 3 rings (SSSR count). The molecule has 106 valence electrons. The van der Waals surface area contributed by atoms with Crippen LogP contribution in [0.3, 0.4) is 0 Å². The third kappa shape index (κ3) is 2.73. The van der Waals surface area contributed by atoms with E-state index in [0.717, 1.165) is 27.3 Å². The van der Waals surface area contributed by atoms with Gasteiger partial charge in [-0.15, -0.1) is 0 Å². The third-order valence-electron chi connectivity index (χ3n) is 3.23. The first kappa shape index (κ1) is 13.6. The summed E-state index contributed by atoms with van der Waals surface area (Å²) >= 11 is 1.09. The average Bonchev–Trinajstić information content (AvgIpc) is 2.82. The van der Waals surface area contributed by atoms with Gasteiger partial charge in [0, 0.05) is 5.69 Å². The summed E-state index contributed by atoms with van der Waals surface area (Å²) in [5.74, 6) is -0.252. The highest BCUT2D eigenvalue weighted by Gasteiger charge is 2.13. The van der Waals surface area contributed by atoms with Crippen LogP contribution in [0.1, 0.15) is 10.4 Å². The molecule has 1 aromatic heterocycles. The lowest BCUT2D eigenvalue weighted by atomic mass is 10.2. The molecular weight excluding hydrogens is 284 g/mol. The Hall–Kier alpha value is -2.40. The highest BCUT2D eigenvalue weighted by Crippen LogP contribution is 2.16. The zero-order chi connectivity index (χ0) is 14.8. The Balaban J connectivity index is 1.83. The summed E-state index contributed by atoms with van der Waals surface area (Å²) in [6, 6.07) is 15.1. The Bertz CT molecular complexity index is 847. The van der Waals surface area contributed by atoms with Crippen molar-refractivity contribution in [2.24, 2.45) is 0 Å². The molecule has 0 saturated heterocycles. The molecule has 0 atom stereocenters. The van der Waals surface area contributed by atoms with Crippen LogP contribution in [0.15, 0.2) is 53.3 Å². The molecule has 2 aromatic carbocycles. The molecule has 0 aliphatic heterocycles. The molecule has 21 heavy (non-hydrogen) atoms. The number of nitrogens with one attached hydrogen (secondary N) is 1. The number of carbonyl (C=O) groups is 1. The van der Waals surface area contributed by atoms with E-state index in [-0.39, 0.29) is 17.3 Å². The summed E-state index contributed by atoms with van der Waals surface area (Å²) in [5.41, 5.74) is 2.69. The van der Waals surface area contributed by atoms with Gasteiger partial charge in [0.25, 0.3) is 5.91 Å². The fraction of sp³-hybridized carbons (Fsp3) is 0.125. The van der Waals surface area contributed by atoms with Crippen molar-refractivity contribution in [2.45, 2.75) is 6.92 Å². The third-order valence-corrected chi connectivity index (χ3v) is 4.15. The summed E-state index contributed by atoms with van der Waals surface area (Å²) in [6.07, 6.45) is 0. The highest BCUT2D eigenvalue weighted by atomic mass is 32.1. The van der Waals surface area contributed by atoms with Gasteiger partial charge in [0.05, 0.1) is 16.8 Å². The van der Waals surface area contributed by atoms with E-state index in [4.69, 9.17) is 0 Å². The molecule has 0 aliphatic carbocycles. The lowest BCUT2D eigenvalue weighted by Crippen LogP contribution is -2.27. The molecule has 1 heterocycles. The van der Waals surface area contributed by atoms with Gasteiger partial charge in [0.15, 0.2) is 0 Å². The van der Waals surface area contributed by atoms with E-state index in [2.05, 4.69) is 5.32 Å². The standard InChI is InChI=1S/C16H14N2O2S/c1-11-6-8-12(9-7-11)17-10-15(19)18-13-4-2-3-5-14(13)21-16(18)20/h2-9,17H,10H2,1H3. The minimum absolute atomic E-state index is 0.0870. The lowest BCUT2D eigenvalue weighted by molar-refractivity contribution is 0.0931. The van der Waals surface area contributed by atoms with Crippen LogP contribution < -0.4 is 10.2 Å². The van der Waals surface area contributed by atoms with Gasteiger partial charge in [-0.2, -0.15) is 0 Å². The van der Waals surface area contributed by atoms with E-state index in [0.29, 0.717) is 5.52 Å². The molecule has 0 fully saturated rings. The molecule has 0 amide bonds. The van der Waals surface area contributed by atoms with Gasteiger partial charge in [-0.05, 0) is 31.2 Å². The Morgan fingerprint density at radius 1 is 1.14 bits per heavy atom. The number of thiazole rings is 1. The van der Waals surface area contributed by atoms with Crippen molar-refractivity contribution in [3.05, 3.63) is 63.8 Å². The van der Waals surface area contributed by atoms with E-state index in [1.54, 1.807) is 6.07 Å². The second kappa shape index (κ2) is 5.54. The first-order valence-electron chi connectivity index (χ1n) is 6.59. The van der Waals surface area contributed by atoms with Crippen molar-refractivity contribution in [3.8, 4) is 0 Å². The van der Waals surface area contributed by atoms with Gasteiger partial charge in [0.1, 0.15) is 0 Å². The topological polar surface area (TPSA) is 51.1 Å². The molecule has 5 heteroatoms. The molecule has 1 N–H and O–H groups in total. The molecule has 0 aliphatic rings. The number of hydrogen-bond acceptors (Lipinski definition) is 4. The zero-order valence-electron chi connectivity index (χ0n) is 11.5. The minimum atomic E-state index is -0.252. The van der Waals surface area contributed by atoms with Crippen LogP contribution in [-0.4, -0.2) is 17.0 Å². The fourth-order valence-electron chi connectivity index (χ4n) is 2.13. The van der Waals surface area contributed by atoms with Crippen molar-refractivity contribution >= 4 is 33.1 Å². The molecule has 0 unspecified atom stereocenters. The molecule has 0 radical (unpaired) electrons. The molecule has 3 aromatic rings. The van der Waals surface area contributed by atoms with E-state index in [9.17, 15) is 9.59 Å². The number of carbonyl (C=O) groups excluding carboxylic acids is 1. The smallest absolute Gasteiger partial charge is 0.315 e. The summed E-state index contributed by atoms with van der Waals surface area (Å²) < 4.78 is 2.06. The maximum Gasteiger partial charge on any atom is 0.315 e. The quantitative estimate of drug-likeness (QED) is 0.808. The molecular formula is C16H14N2O2S. The number of anilines is 1. The second-order valence-corrected chi connectivity index (χ2v) is 5.78. The predicted octanol–water partition coefficient (Wildman–Crippen LogP) is 3.12. The predicted molar refractivity (Wildman–Crippen MR) is 86.4 cm³/mol. The Morgan fingerprint density at radius 3 is 2.62 bits per heavy atom. The van der Waals surface area contributed by atoms with Crippen LogP contribution in [0.2, 0.25) is 0 Å². The van der Waals surface area contributed by atoms with Gasteiger partial charge in [-0.25, -0.2) is 4.57 Å². The summed E-state index contributed by atoms with van der Waals surface area (Å²) in [5, 5.41) is 3.05. The van der Waals surface area contributed by atoms with Gasteiger partial charge in [-0.1, -0.05) is 41.2 Å². The summed E-state index contributed by atoms with van der Waals surface area (Å²) in [6.45, 7) is 2.09. The number of aryl methyl sites for hydroxylation is 1. The Labute approximate surface area is 125 Å². The first-order chi connectivity index (χ1) is 10.1.